The lowest BCUT2D eigenvalue weighted by Crippen LogP contribution is -2.34. The molecule has 3 nitrogen and oxygen atoms in total. The van der Waals surface area contributed by atoms with Crippen LogP contribution in [-0.2, 0) is 4.57 Å². The third kappa shape index (κ3) is 3.02. The van der Waals surface area contributed by atoms with Crippen LogP contribution in [0.3, 0.4) is 0 Å². The van der Waals surface area contributed by atoms with Crippen LogP contribution in [0.25, 0.3) is 0 Å². The molecule has 0 aromatic heterocycles. The monoisotopic (exact) mass is 322 g/mol. The molecule has 0 aliphatic rings. The van der Waals surface area contributed by atoms with Gasteiger partial charge in [0.15, 0.2) is 7.14 Å². The summed E-state index contributed by atoms with van der Waals surface area (Å²) in [6.07, 6.45) is 0. The van der Waals surface area contributed by atoms with Crippen molar-refractivity contribution >= 4 is 35.6 Å². The SMILES string of the molecule is O=P(c1ccccc1)(c1ccccc1)c1cccc(B(O)O)c1. The summed E-state index contributed by atoms with van der Waals surface area (Å²) in [5.74, 6) is 0. The summed E-state index contributed by atoms with van der Waals surface area (Å²) in [5, 5.41) is 20.9. The van der Waals surface area contributed by atoms with Gasteiger partial charge in [-0.25, -0.2) is 0 Å². The summed E-state index contributed by atoms with van der Waals surface area (Å²) in [4.78, 5) is 0. The maximum atomic E-state index is 14.0. The van der Waals surface area contributed by atoms with Crippen molar-refractivity contribution < 1.29 is 14.6 Å². The van der Waals surface area contributed by atoms with Gasteiger partial charge < -0.3 is 14.6 Å². The summed E-state index contributed by atoms with van der Waals surface area (Å²) >= 11 is 0. The maximum Gasteiger partial charge on any atom is 0.488 e. The lowest BCUT2D eigenvalue weighted by molar-refractivity contribution is 0.426. The number of benzene rings is 3. The second-order valence-electron chi connectivity index (χ2n) is 5.25. The first-order valence-corrected chi connectivity index (χ1v) is 9.01. The van der Waals surface area contributed by atoms with Gasteiger partial charge in [-0.3, -0.25) is 0 Å². The predicted molar refractivity (Wildman–Crippen MR) is 95.7 cm³/mol. The smallest absolute Gasteiger partial charge is 0.423 e. The molecule has 0 unspecified atom stereocenters. The summed E-state index contributed by atoms with van der Waals surface area (Å²) in [7, 11) is -4.65. The van der Waals surface area contributed by atoms with E-state index in [1.165, 1.54) is 0 Å². The van der Waals surface area contributed by atoms with Gasteiger partial charge in [0.2, 0.25) is 0 Å². The average molecular weight is 322 g/mol. The minimum absolute atomic E-state index is 0.328. The van der Waals surface area contributed by atoms with Crippen molar-refractivity contribution in [2.24, 2.45) is 0 Å². The van der Waals surface area contributed by atoms with Gasteiger partial charge in [0.1, 0.15) is 0 Å². The Bertz CT molecular complexity index is 792. The largest absolute Gasteiger partial charge is 0.488 e. The van der Waals surface area contributed by atoms with Gasteiger partial charge in [-0.1, -0.05) is 84.9 Å². The van der Waals surface area contributed by atoms with Crippen LogP contribution in [-0.4, -0.2) is 17.2 Å². The van der Waals surface area contributed by atoms with Crippen molar-refractivity contribution in [3.05, 3.63) is 84.9 Å². The fourth-order valence-corrected chi connectivity index (χ4v) is 5.31. The van der Waals surface area contributed by atoms with Crippen LogP contribution in [0.15, 0.2) is 84.9 Å². The van der Waals surface area contributed by atoms with E-state index in [1.54, 1.807) is 24.3 Å². The van der Waals surface area contributed by atoms with E-state index in [1.807, 2.05) is 60.7 Å². The molecule has 2 N–H and O–H groups in total. The Hall–Kier alpha value is -2.13. The van der Waals surface area contributed by atoms with Crippen LogP contribution < -0.4 is 21.4 Å². The van der Waals surface area contributed by atoms with E-state index in [4.69, 9.17) is 0 Å². The fraction of sp³-hybridized carbons (Fsp3) is 0. The molecule has 0 amide bonds. The Morgan fingerprint density at radius 2 is 1.13 bits per heavy atom. The van der Waals surface area contributed by atoms with E-state index in [-0.39, 0.29) is 0 Å². The molecule has 5 heteroatoms. The summed E-state index contributed by atoms with van der Waals surface area (Å²) in [5.41, 5.74) is 0.328. The van der Waals surface area contributed by atoms with E-state index in [9.17, 15) is 14.6 Å². The van der Waals surface area contributed by atoms with Gasteiger partial charge in [0.05, 0.1) is 0 Å². The van der Waals surface area contributed by atoms with Gasteiger partial charge in [0, 0.05) is 15.9 Å². The zero-order chi connectivity index (χ0) is 16.3. The molecule has 0 saturated carbocycles. The highest BCUT2D eigenvalue weighted by Crippen LogP contribution is 2.41. The van der Waals surface area contributed by atoms with Crippen LogP contribution >= 0.6 is 7.14 Å². The Balaban J connectivity index is 2.26. The van der Waals surface area contributed by atoms with E-state index in [0.29, 0.717) is 10.8 Å². The Kier molecular flexibility index (Phi) is 4.49. The number of hydrogen-bond acceptors (Lipinski definition) is 3. The highest BCUT2D eigenvalue weighted by atomic mass is 31.2. The van der Waals surface area contributed by atoms with Gasteiger partial charge in [-0.2, -0.15) is 0 Å². The van der Waals surface area contributed by atoms with Crippen LogP contribution in [0.1, 0.15) is 0 Å². The van der Waals surface area contributed by atoms with Gasteiger partial charge in [0.25, 0.3) is 0 Å². The zero-order valence-corrected chi connectivity index (χ0v) is 13.3. The van der Waals surface area contributed by atoms with Crippen molar-refractivity contribution in [3.8, 4) is 0 Å². The molecule has 0 saturated heterocycles. The highest BCUT2D eigenvalue weighted by Gasteiger charge is 2.30. The normalized spacial score (nSPS) is 11.2. The quantitative estimate of drug-likeness (QED) is 0.557. The molecule has 0 spiro atoms. The van der Waals surface area contributed by atoms with Crippen molar-refractivity contribution in [3.63, 3.8) is 0 Å². The van der Waals surface area contributed by atoms with Crippen LogP contribution in [0.2, 0.25) is 0 Å². The number of hydrogen-bond donors (Lipinski definition) is 2. The van der Waals surface area contributed by atoms with E-state index >= 15 is 0 Å². The molecule has 3 aromatic carbocycles. The molecule has 0 aliphatic carbocycles. The van der Waals surface area contributed by atoms with Crippen molar-refractivity contribution in [1.29, 1.82) is 0 Å². The molecule has 114 valence electrons. The molecule has 0 radical (unpaired) electrons. The molecule has 23 heavy (non-hydrogen) atoms. The van der Waals surface area contributed by atoms with Crippen molar-refractivity contribution in [2.45, 2.75) is 0 Å². The van der Waals surface area contributed by atoms with Crippen LogP contribution in [0.4, 0.5) is 0 Å². The minimum atomic E-state index is -3.07. The Morgan fingerprint density at radius 3 is 1.61 bits per heavy atom. The van der Waals surface area contributed by atoms with Crippen LogP contribution in [0.5, 0.6) is 0 Å². The molecule has 0 fully saturated rings. The fourth-order valence-electron chi connectivity index (χ4n) is 2.60. The first kappa shape index (κ1) is 15.8. The third-order valence-corrected chi connectivity index (χ3v) is 6.83. The predicted octanol–water partition coefficient (Wildman–Crippen LogP) is 1.01. The molecular formula is C18H16BO3P. The molecular weight excluding hydrogens is 306 g/mol. The van der Waals surface area contributed by atoms with E-state index in [2.05, 4.69) is 0 Å². The van der Waals surface area contributed by atoms with Gasteiger partial charge in [-0.15, -0.1) is 0 Å². The van der Waals surface area contributed by atoms with Crippen molar-refractivity contribution in [1.82, 2.24) is 0 Å². The van der Waals surface area contributed by atoms with Crippen LogP contribution in [0, 0.1) is 0 Å². The van der Waals surface area contributed by atoms with E-state index in [0.717, 1.165) is 10.6 Å². The molecule has 0 atom stereocenters. The summed E-state index contributed by atoms with van der Waals surface area (Å²) in [6.45, 7) is 0. The lowest BCUT2D eigenvalue weighted by Gasteiger charge is -2.20. The molecule has 0 heterocycles. The lowest BCUT2D eigenvalue weighted by atomic mass is 9.80. The van der Waals surface area contributed by atoms with Gasteiger partial charge in [-0.05, 0) is 5.46 Å². The third-order valence-electron chi connectivity index (χ3n) is 3.77. The summed E-state index contributed by atoms with van der Waals surface area (Å²) < 4.78 is 14.0. The topological polar surface area (TPSA) is 57.5 Å². The maximum absolute atomic E-state index is 14.0. The minimum Gasteiger partial charge on any atom is -0.423 e. The van der Waals surface area contributed by atoms with Crippen molar-refractivity contribution in [2.75, 3.05) is 0 Å². The molecule has 3 rings (SSSR count). The molecule has 3 aromatic rings. The summed E-state index contributed by atoms with van der Waals surface area (Å²) in [6, 6.07) is 25.2. The molecule has 0 bridgehead atoms. The average Bonchev–Trinajstić information content (AvgIpc) is 2.62. The van der Waals surface area contributed by atoms with Gasteiger partial charge >= 0.3 is 7.12 Å². The Morgan fingerprint density at radius 1 is 0.652 bits per heavy atom. The standard InChI is InChI=1S/C18H16BO3P/c20-19(21)15-8-7-13-18(14-15)23(22,16-9-3-1-4-10-16)17-11-5-2-6-12-17/h1-14,20-21H. The second-order valence-corrected chi connectivity index (χ2v) is 8.02. The zero-order valence-electron chi connectivity index (χ0n) is 12.4. The Labute approximate surface area is 135 Å². The first-order valence-electron chi connectivity index (χ1n) is 7.30. The molecule has 0 aliphatic heterocycles. The second kappa shape index (κ2) is 6.55. The first-order chi connectivity index (χ1) is 11.1. The highest BCUT2D eigenvalue weighted by molar-refractivity contribution is 7.85. The van der Waals surface area contributed by atoms with E-state index < -0.39 is 14.3 Å². The number of rotatable bonds is 4.